The van der Waals surface area contributed by atoms with Crippen LogP contribution >= 0.6 is 0 Å². The lowest BCUT2D eigenvalue weighted by Crippen LogP contribution is -3.16. The number of amides is 1. The fourth-order valence-electron chi connectivity index (χ4n) is 3.27. The van der Waals surface area contributed by atoms with Gasteiger partial charge in [0.05, 0.1) is 32.8 Å². The summed E-state index contributed by atoms with van der Waals surface area (Å²) in [5, 5.41) is 12.6. The van der Waals surface area contributed by atoms with E-state index >= 15 is 0 Å². The smallest absolute Gasteiger partial charge is 0.410 e. The first-order valence-electron chi connectivity index (χ1n) is 9.20. The number of hydrogen-bond donors (Lipinski definition) is 2. The van der Waals surface area contributed by atoms with Crippen molar-refractivity contribution in [3.05, 3.63) is 42.5 Å². The maximum absolute atomic E-state index is 11.7. The van der Waals surface area contributed by atoms with Gasteiger partial charge in [-0.2, -0.15) is 0 Å². The molecular weight excluding hydrogens is 332 g/mol. The van der Waals surface area contributed by atoms with Crippen molar-refractivity contribution in [2.75, 3.05) is 45.9 Å². The van der Waals surface area contributed by atoms with Crippen molar-refractivity contribution in [1.29, 1.82) is 0 Å². The number of piperazine rings is 1. The molecule has 3 rings (SSSR count). The molecule has 140 valence electrons. The SMILES string of the molecule is CCOC(=O)N1CC[NH+](C[C@H](O)COc2ccc3ccccc3c2)CC1. The van der Waals surface area contributed by atoms with Gasteiger partial charge in [-0.05, 0) is 29.8 Å². The molecule has 0 spiro atoms. The summed E-state index contributed by atoms with van der Waals surface area (Å²) < 4.78 is 10.8. The summed E-state index contributed by atoms with van der Waals surface area (Å²) in [7, 11) is 0. The summed E-state index contributed by atoms with van der Waals surface area (Å²) in [5.41, 5.74) is 0. The van der Waals surface area contributed by atoms with Gasteiger partial charge in [-0.3, -0.25) is 4.90 Å². The van der Waals surface area contributed by atoms with Crippen LogP contribution in [-0.4, -0.2) is 68.1 Å². The minimum absolute atomic E-state index is 0.244. The molecule has 0 radical (unpaired) electrons. The lowest BCUT2D eigenvalue weighted by molar-refractivity contribution is -0.907. The first-order chi connectivity index (χ1) is 12.7. The summed E-state index contributed by atoms with van der Waals surface area (Å²) in [6.45, 7) is 6.03. The van der Waals surface area contributed by atoms with E-state index in [1.54, 1.807) is 4.90 Å². The van der Waals surface area contributed by atoms with Crippen LogP contribution in [0.25, 0.3) is 10.8 Å². The largest absolute Gasteiger partial charge is 0.491 e. The maximum Gasteiger partial charge on any atom is 0.410 e. The van der Waals surface area contributed by atoms with Gasteiger partial charge < -0.3 is 19.5 Å². The highest BCUT2D eigenvalue weighted by atomic mass is 16.6. The van der Waals surface area contributed by atoms with Crippen LogP contribution in [0, 0.1) is 0 Å². The molecule has 1 saturated heterocycles. The third kappa shape index (κ3) is 4.86. The highest BCUT2D eigenvalue weighted by Gasteiger charge is 2.26. The highest BCUT2D eigenvalue weighted by molar-refractivity contribution is 5.83. The van der Waals surface area contributed by atoms with Crippen LogP contribution in [-0.2, 0) is 4.74 Å². The van der Waals surface area contributed by atoms with Gasteiger partial charge in [-0.15, -0.1) is 0 Å². The predicted molar refractivity (Wildman–Crippen MR) is 99.6 cm³/mol. The zero-order chi connectivity index (χ0) is 18.4. The Morgan fingerprint density at radius 3 is 2.65 bits per heavy atom. The number of aliphatic hydroxyl groups excluding tert-OH is 1. The zero-order valence-electron chi connectivity index (χ0n) is 15.2. The van der Waals surface area contributed by atoms with Gasteiger partial charge in [0.2, 0.25) is 0 Å². The van der Waals surface area contributed by atoms with Gasteiger partial charge in [0.15, 0.2) is 0 Å². The van der Waals surface area contributed by atoms with E-state index in [4.69, 9.17) is 9.47 Å². The van der Waals surface area contributed by atoms with E-state index in [0.717, 1.165) is 24.2 Å². The number of quaternary nitrogens is 1. The number of carbonyl (C=O) groups is 1. The molecule has 0 unspecified atom stereocenters. The molecule has 1 aliphatic heterocycles. The molecular formula is C20H27N2O4+. The fraction of sp³-hybridized carbons (Fsp3) is 0.450. The monoisotopic (exact) mass is 359 g/mol. The van der Waals surface area contributed by atoms with E-state index in [2.05, 4.69) is 6.07 Å². The summed E-state index contributed by atoms with van der Waals surface area (Å²) in [4.78, 5) is 14.7. The van der Waals surface area contributed by atoms with Crippen molar-refractivity contribution in [1.82, 2.24) is 4.90 Å². The van der Waals surface area contributed by atoms with Crippen LogP contribution in [0.4, 0.5) is 4.79 Å². The quantitative estimate of drug-likeness (QED) is 0.806. The van der Waals surface area contributed by atoms with E-state index in [0.29, 0.717) is 26.2 Å². The van der Waals surface area contributed by atoms with E-state index in [1.807, 2.05) is 43.3 Å². The van der Waals surface area contributed by atoms with E-state index < -0.39 is 6.10 Å². The number of fused-ring (bicyclic) bond motifs is 1. The second kappa shape index (κ2) is 8.87. The van der Waals surface area contributed by atoms with Gasteiger partial charge in [-0.1, -0.05) is 30.3 Å². The third-order valence-electron chi connectivity index (χ3n) is 4.68. The second-order valence-electron chi connectivity index (χ2n) is 6.61. The Balaban J connectivity index is 1.43. The molecule has 1 amide bonds. The summed E-state index contributed by atoms with van der Waals surface area (Å²) in [6.07, 6.45) is -0.780. The molecule has 26 heavy (non-hydrogen) atoms. The fourth-order valence-corrected chi connectivity index (χ4v) is 3.27. The minimum atomic E-state index is -0.536. The van der Waals surface area contributed by atoms with E-state index in [9.17, 15) is 9.90 Å². The predicted octanol–water partition coefficient (Wildman–Crippen LogP) is 0.937. The van der Waals surface area contributed by atoms with Crippen LogP contribution < -0.4 is 9.64 Å². The van der Waals surface area contributed by atoms with Crippen LogP contribution in [0.3, 0.4) is 0 Å². The molecule has 0 saturated carbocycles. The summed E-state index contributed by atoms with van der Waals surface area (Å²) >= 11 is 0. The topological polar surface area (TPSA) is 63.4 Å². The van der Waals surface area contributed by atoms with Gasteiger partial charge in [0.1, 0.15) is 25.0 Å². The molecule has 2 aromatic carbocycles. The van der Waals surface area contributed by atoms with Crippen molar-refractivity contribution in [3.63, 3.8) is 0 Å². The van der Waals surface area contributed by atoms with Crippen LogP contribution in [0.1, 0.15) is 6.92 Å². The number of hydrogen-bond acceptors (Lipinski definition) is 4. The summed E-state index contributed by atoms with van der Waals surface area (Å²) in [5.74, 6) is 0.768. The molecule has 1 aliphatic rings. The van der Waals surface area contributed by atoms with Gasteiger partial charge in [0, 0.05) is 0 Å². The molecule has 0 bridgehead atoms. The standard InChI is InChI=1S/C20H26N2O4/c1-2-25-20(24)22-11-9-21(10-12-22)14-18(23)15-26-19-8-7-16-5-3-4-6-17(16)13-19/h3-8,13,18,23H,2,9-12,14-15H2,1H3/p+1/t18-/m0/s1. The van der Waals surface area contributed by atoms with Gasteiger partial charge >= 0.3 is 6.09 Å². The zero-order valence-corrected chi connectivity index (χ0v) is 15.2. The minimum Gasteiger partial charge on any atom is -0.491 e. The van der Waals surface area contributed by atoms with Crippen molar-refractivity contribution >= 4 is 16.9 Å². The van der Waals surface area contributed by atoms with Crippen LogP contribution in [0.15, 0.2) is 42.5 Å². The van der Waals surface area contributed by atoms with Crippen LogP contribution in [0.2, 0.25) is 0 Å². The van der Waals surface area contributed by atoms with Gasteiger partial charge in [0.25, 0.3) is 0 Å². The number of nitrogens with zero attached hydrogens (tertiary/aromatic N) is 1. The van der Waals surface area contributed by atoms with Crippen molar-refractivity contribution < 1.29 is 24.3 Å². The molecule has 6 heteroatoms. The van der Waals surface area contributed by atoms with Crippen molar-refractivity contribution in [2.24, 2.45) is 0 Å². The first kappa shape index (κ1) is 18.5. The second-order valence-corrected chi connectivity index (χ2v) is 6.61. The molecule has 0 aromatic heterocycles. The Kier molecular flexibility index (Phi) is 6.30. The van der Waals surface area contributed by atoms with Crippen LogP contribution in [0.5, 0.6) is 5.75 Å². The number of rotatable bonds is 6. The Morgan fingerprint density at radius 2 is 1.92 bits per heavy atom. The molecule has 2 N–H and O–H groups in total. The number of nitrogens with one attached hydrogen (secondary N) is 1. The number of aliphatic hydroxyl groups is 1. The molecule has 6 nitrogen and oxygen atoms in total. The number of carbonyl (C=O) groups excluding carboxylic acids is 1. The normalized spacial score (nSPS) is 16.5. The average Bonchev–Trinajstić information content (AvgIpc) is 2.67. The van der Waals surface area contributed by atoms with Crippen molar-refractivity contribution in [3.8, 4) is 5.75 Å². The van der Waals surface area contributed by atoms with E-state index in [1.165, 1.54) is 10.3 Å². The Bertz CT molecular complexity index is 729. The third-order valence-corrected chi connectivity index (χ3v) is 4.68. The molecule has 2 aromatic rings. The molecule has 1 fully saturated rings. The van der Waals surface area contributed by atoms with E-state index in [-0.39, 0.29) is 12.7 Å². The first-order valence-corrected chi connectivity index (χ1v) is 9.20. The summed E-state index contributed by atoms with van der Waals surface area (Å²) in [6, 6.07) is 14.1. The lowest BCUT2D eigenvalue weighted by Gasteiger charge is -2.32. The molecule has 1 atom stereocenters. The number of benzene rings is 2. The maximum atomic E-state index is 11.7. The average molecular weight is 359 g/mol. The molecule has 0 aliphatic carbocycles. The highest BCUT2D eigenvalue weighted by Crippen LogP contribution is 2.20. The Labute approximate surface area is 153 Å². The number of ether oxygens (including phenoxy) is 2. The van der Waals surface area contributed by atoms with Crippen molar-refractivity contribution in [2.45, 2.75) is 13.0 Å². The Morgan fingerprint density at radius 1 is 1.19 bits per heavy atom. The van der Waals surface area contributed by atoms with Gasteiger partial charge in [-0.25, -0.2) is 4.79 Å². The Hall–Kier alpha value is -2.31. The molecule has 1 heterocycles. The lowest BCUT2D eigenvalue weighted by atomic mass is 10.1.